The molecule has 1 aliphatic heterocycles. The van der Waals surface area contributed by atoms with Crippen LogP contribution in [0.4, 0.5) is 0 Å². The number of aliphatic imine (C=N–C) groups is 1. The number of halogens is 1. The van der Waals surface area contributed by atoms with Crippen LogP contribution in [0.5, 0.6) is 0 Å². The van der Waals surface area contributed by atoms with E-state index in [1.54, 1.807) is 31.2 Å². The number of benzene rings is 1. The van der Waals surface area contributed by atoms with Crippen LogP contribution in [0.3, 0.4) is 0 Å². The Morgan fingerprint density at radius 2 is 1.93 bits per heavy atom. The van der Waals surface area contributed by atoms with Gasteiger partial charge in [0.25, 0.3) is 0 Å². The molecular formula is C17H30IN5O3S. The van der Waals surface area contributed by atoms with Crippen molar-refractivity contribution in [3.05, 3.63) is 29.8 Å². The number of nitrogens with two attached hydrogens (primary N) is 1. The summed E-state index contributed by atoms with van der Waals surface area (Å²) >= 11 is 0. The third-order valence-electron chi connectivity index (χ3n) is 4.06. The van der Waals surface area contributed by atoms with Gasteiger partial charge in [0.2, 0.25) is 10.0 Å². The molecule has 0 atom stereocenters. The molecule has 1 aromatic rings. The Kier molecular flexibility index (Phi) is 11.1. The Balaban J connectivity index is 0.00000364. The van der Waals surface area contributed by atoms with Gasteiger partial charge in [0, 0.05) is 26.2 Å². The smallest absolute Gasteiger partial charge is 0.240 e. The van der Waals surface area contributed by atoms with Gasteiger partial charge >= 0.3 is 0 Å². The molecule has 0 aliphatic carbocycles. The molecule has 0 saturated carbocycles. The van der Waals surface area contributed by atoms with Crippen LogP contribution in [0.25, 0.3) is 0 Å². The standard InChI is InChI=1S/C17H29N5O3S.HI/c1-2-21-26(23,24)16-6-4-15(5-7-16)14-20-17(18)19-8-3-9-22-10-12-25-13-11-22;/h4-7,21H,2-3,8-14H2,1H3,(H3,18,19,20);1H. The molecule has 8 nitrogen and oxygen atoms in total. The quantitative estimate of drug-likeness (QED) is 0.195. The van der Waals surface area contributed by atoms with Gasteiger partial charge in [-0.05, 0) is 30.7 Å². The van der Waals surface area contributed by atoms with Crippen molar-refractivity contribution in [2.45, 2.75) is 24.8 Å². The summed E-state index contributed by atoms with van der Waals surface area (Å²) in [6.07, 6.45) is 0.993. The molecule has 0 spiro atoms. The third-order valence-corrected chi connectivity index (χ3v) is 5.62. The van der Waals surface area contributed by atoms with E-state index < -0.39 is 10.0 Å². The number of morpholine rings is 1. The van der Waals surface area contributed by atoms with Crippen molar-refractivity contribution in [2.75, 3.05) is 45.9 Å². The molecule has 10 heteroatoms. The third kappa shape index (κ3) is 8.73. The molecule has 1 heterocycles. The minimum Gasteiger partial charge on any atom is -0.379 e. The average molecular weight is 511 g/mol. The van der Waals surface area contributed by atoms with Crippen LogP contribution in [-0.4, -0.2) is 65.2 Å². The Hall–Kier alpha value is -0.950. The lowest BCUT2D eigenvalue weighted by Crippen LogP contribution is -2.39. The van der Waals surface area contributed by atoms with Crippen molar-refractivity contribution in [1.29, 1.82) is 0 Å². The summed E-state index contributed by atoms with van der Waals surface area (Å²) in [5, 5.41) is 3.11. The van der Waals surface area contributed by atoms with E-state index in [9.17, 15) is 8.42 Å². The number of guanidine groups is 1. The van der Waals surface area contributed by atoms with Crippen molar-refractivity contribution in [2.24, 2.45) is 10.7 Å². The molecular weight excluding hydrogens is 481 g/mol. The monoisotopic (exact) mass is 511 g/mol. The van der Waals surface area contributed by atoms with Crippen LogP contribution in [0.2, 0.25) is 0 Å². The van der Waals surface area contributed by atoms with Crippen molar-refractivity contribution < 1.29 is 13.2 Å². The molecule has 0 unspecified atom stereocenters. The molecule has 27 heavy (non-hydrogen) atoms. The lowest BCUT2D eigenvalue weighted by molar-refractivity contribution is 0.0376. The molecule has 1 aromatic carbocycles. The van der Waals surface area contributed by atoms with Crippen molar-refractivity contribution >= 4 is 40.0 Å². The fourth-order valence-electron chi connectivity index (χ4n) is 2.62. The molecule has 1 saturated heterocycles. The van der Waals surface area contributed by atoms with Crippen LogP contribution in [0.1, 0.15) is 18.9 Å². The van der Waals surface area contributed by atoms with E-state index in [-0.39, 0.29) is 28.9 Å². The Bertz CT molecular complexity index is 676. The first kappa shape index (κ1) is 24.1. The molecule has 0 bridgehead atoms. The van der Waals surface area contributed by atoms with Gasteiger partial charge in [-0.25, -0.2) is 18.1 Å². The topological polar surface area (TPSA) is 109 Å². The van der Waals surface area contributed by atoms with Gasteiger partial charge in [-0.3, -0.25) is 4.90 Å². The molecule has 1 aliphatic rings. The van der Waals surface area contributed by atoms with E-state index in [0.29, 0.717) is 19.0 Å². The second-order valence-electron chi connectivity index (χ2n) is 6.08. The van der Waals surface area contributed by atoms with E-state index in [2.05, 4.69) is 19.9 Å². The maximum Gasteiger partial charge on any atom is 0.240 e. The van der Waals surface area contributed by atoms with Crippen molar-refractivity contribution in [1.82, 2.24) is 14.9 Å². The van der Waals surface area contributed by atoms with Gasteiger partial charge in [-0.2, -0.15) is 0 Å². The zero-order chi connectivity index (χ0) is 18.8. The van der Waals surface area contributed by atoms with Crippen LogP contribution in [-0.2, 0) is 21.3 Å². The first-order valence-corrected chi connectivity index (χ1v) is 10.4. The van der Waals surface area contributed by atoms with Gasteiger partial charge in [-0.15, -0.1) is 24.0 Å². The lowest BCUT2D eigenvalue weighted by atomic mass is 10.2. The maximum absolute atomic E-state index is 11.9. The fourth-order valence-corrected chi connectivity index (χ4v) is 3.66. The summed E-state index contributed by atoms with van der Waals surface area (Å²) in [6.45, 7) is 7.91. The molecule has 0 aromatic heterocycles. The number of hydrogen-bond acceptors (Lipinski definition) is 5. The van der Waals surface area contributed by atoms with Crippen LogP contribution >= 0.6 is 24.0 Å². The summed E-state index contributed by atoms with van der Waals surface area (Å²) in [5.74, 6) is 0.399. The molecule has 1 fully saturated rings. The highest BCUT2D eigenvalue weighted by Gasteiger charge is 2.11. The average Bonchev–Trinajstić information content (AvgIpc) is 2.65. The fraction of sp³-hybridized carbons (Fsp3) is 0.588. The minimum atomic E-state index is -3.42. The number of rotatable bonds is 9. The predicted molar refractivity (Wildman–Crippen MR) is 118 cm³/mol. The number of nitrogens with zero attached hydrogens (tertiary/aromatic N) is 2. The van der Waals surface area contributed by atoms with Gasteiger partial charge in [0.05, 0.1) is 24.7 Å². The highest BCUT2D eigenvalue weighted by molar-refractivity contribution is 14.0. The second kappa shape index (κ2) is 12.5. The number of nitrogens with one attached hydrogen (secondary N) is 2. The van der Waals surface area contributed by atoms with Crippen LogP contribution in [0.15, 0.2) is 34.2 Å². The Labute approximate surface area is 179 Å². The van der Waals surface area contributed by atoms with E-state index in [1.165, 1.54) is 0 Å². The number of ether oxygens (including phenoxy) is 1. The minimum absolute atomic E-state index is 0. The summed E-state index contributed by atoms with van der Waals surface area (Å²) in [7, 11) is -3.42. The number of hydrogen-bond donors (Lipinski definition) is 3. The zero-order valence-electron chi connectivity index (χ0n) is 15.7. The molecule has 0 amide bonds. The van der Waals surface area contributed by atoms with Crippen molar-refractivity contribution in [3.8, 4) is 0 Å². The number of sulfonamides is 1. The molecule has 0 radical (unpaired) electrons. The normalized spacial score (nSPS) is 16.0. The van der Waals surface area contributed by atoms with E-state index >= 15 is 0 Å². The SMILES string of the molecule is CCNS(=O)(=O)c1ccc(CN=C(N)NCCCN2CCOCC2)cc1.I. The lowest BCUT2D eigenvalue weighted by Gasteiger charge is -2.26. The van der Waals surface area contributed by atoms with Crippen LogP contribution < -0.4 is 15.8 Å². The zero-order valence-corrected chi connectivity index (χ0v) is 18.8. The molecule has 154 valence electrons. The summed E-state index contributed by atoms with van der Waals surface area (Å²) in [5.41, 5.74) is 6.78. The highest BCUT2D eigenvalue weighted by atomic mass is 127. The second-order valence-corrected chi connectivity index (χ2v) is 7.85. The Morgan fingerprint density at radius 1 is 1.26 bits per heavy atom. The van der Waals surface area contributed by atoms with Crippen LogP contribution in [0, 0.1) is 0 Å². The first-order chi connectivity index (χ1) is 12.5. The van der Waals surface area contributed by atoms with E-state index in [0.717, 1.165) is 51.4 Å². The maximum atomic E-state index is 11.9. The van der Waals surface area contributed by atoms with Gasteiger partial charge in [0.1, 0.15) is 0 Å². The predicted octanol–water partition coefficient (Wildman–Crippen LogP) is 0.729. The largest absolute Gasteiger partial charge is 0.379 e. The van der Waals surface area contributed by atoms with Crippen molar-refractivity contribution in [3.63, 3.8) is 0 Å². The van der Waals surface area contributed by atoms with Gasteiger partial charge < -0.3 is 15.8 Å². The van der Waals surface area contributed by atoms with E-state index in [1.807, 2.05) is 0 Å². The van der Waals surface area contributed by atoms with E-state index in [4.69, 9.17) is 10.5 Å². The first-order valence-electron chi connectivity index (χ1n) is 8.94. The Morgan fingerprint density at radius 3 is 2.56 bits per heavy atom. The highest BCUT2D eigenvalue weighted by Crippen LogP contribution is 2.11. The summed E-state index contributed by atoms with van der Waals surface area (Å²) < 4.78 is 31.6. The molecule has 2 rings (SSSR count). The van der Waals surface area contributed by atoms with Gasteiger partial charge in [0.15, 0.2) is 5.96 Å². The van der Waals surface area contributed by atoms with Gasteiger partial charge in [-0.1, -0.05) is 19.1 Å². The summed E-state index contributed by atoms with van der Waals surface area (Å²) in [6, 6.07) is 6.66. The molecule has 4 N–H and O–H groups in total. The summed E-state index contributed by atoms with van der Waals surface area (Å²) in [4.78, 5) is 6.92.